The summed E-state index contributed by atoms with van der Waals surface area (Å²) in [6.45, 7) is 1.78. The summed E-state index contributed by atoms with van der Waals surface area (Å²) in [7, 11) is -3.94. The van der Waals surface area contributed by atoms with Crippen LogP contribution in [0.3, 0.4) is 0 Å². The number of nitrogens with zero attached hydrogens (tertiary/aromatic N) is 6. The molecule has 3 aromatic heterocycles. The molecule has 2 aliphatic heterocycles. The molecule has 272 valence electrons. The van der Waals surface area contributed by atoms with E-state index >= 15 is 0 Å². The van der Waals surface area contributed by atoms with E-state index in [0.29, 0.717) is 20.5 Å². The van der Waals surface area contributed by atoms with E-state index < -0.39 is 62.9 Å². The number of hydrogen-bond donors (Lipinski definition) is 7. The number of aromatic hydroxyl groups is 1. The van der Waals surface area contributed by atoms with Gasteiger partial charge in [-0.1, -0.05) is 23.1 Å². The van der Waals surface area contributed by atoms with E-state index in [-0.39, 0.29) is 68.1 Å². The molecule has 53 heavy (non-hydrogen) atoms. The second-order valence-electron chi connectivity index (χ2n) is 10.9. The third-order valence-corrected chi connectivity index (χ3v) is 12.5. The molecule has 4 amide bonds. The minimum absolute atomic E-state index is 0. The van der Waals surface area contributed by atoms with Crippen LogP contribution in [0.2, 0.25) is 0 Å². The second-order valence-corrected chi connectivity index (χ2v) is 16.8. The number of primary sulfonamides is 1. The molecule has 20 nitrogen and oxygen atoms in total. The molecule has 1 unspecified atom stereocenters. The average molecular weight is 829 g/mol. The van der Waals surface area contributed by atoms with Crippen LogP contribution in [-0.4, -0.2) is 90.3 Å². The van der Waals surface area contributed by atoms with Crippen LogP contribution in [0.1, 0.15) is 16.7 Å². The van der Waals surface area contributed by atoms with Crippen LogP contribution >= 0.6 is 46.2 Å². The zero-order valence-corrected chi connectivity index (χ0v) is 33.4. The minimum atomic E-state index is -3.94. The molecule has 3 atom stereocenters. The second kappa shape index (κ2) is 16.1. The molecule has 2 aliphatic rings. The van der Waals surface area contributed by atoms with Gasteiger partial charge in [-0.15, -0.1) is 33.3 Å². The maximum atomic E-state index is 14.0. The number of nitrogens with one attached hydrogen (secondary N) is 4. The number of H-pyrrole nitrogens is 1. The number of thioether (sulfide) groups is 2. The van der Waals surface area contributed by atoms with Crippen molar-refractivity contribution in [1.29, 1.82) is 5.41 Å². The number of carboxylic acids is 1. The Hall–Kier alpha value is -4.08. The number of nitrogens with two attached hydrogens (primary N) is 2. The topological polar surface area (TPSA) is 319 Å². The number of rotatable bonds is 12. The van der Waals surface area contributed by atoms with E-state index in [1.807, 2.05) is 0 Å². The number of carbonyl (C=O) groups excluding carboxylic acids is 4. The van der Waals surface area contributed by atoms with Gasteiger partial charge in [-0.25, -0.2) is 23.3 Å². The zero-order valence-electron chi connectivity index (χ0n) is 27.3. The zero-order chi connectivity index (χ0) is 37.5. The molecular formula is C27H25N12NaO8S5. The molecule has 0 spiro atoms. The van der Waals surface area contributed by atoms with Crippen LogP contribution in [0.15, 0.2) is 56.3 Å². The monoisotopic (exact) mass is 828 g/mol. The third kappa shape index (κ3) is 8.52. The molecule has 6 rings (SSSR count). The molecule has 1 saturated heterocycles. The maximum Gasteiger partial charge on any atom is 1.00 e. The first kappa shape index (κ1) is 40.1. The van der Waals surface area contributed by atoms with Crippen LogP contribution in [-0.2, 0) is 24.4 Å². The van der Waals surface area contributed by atoms with Crippen molar-refractivity contribution >= 4 is 97.4 Å². The summed E-state index contributed by atoms with van der Waals surface area (Å²) in [6, 6.07) is 1.04. The molecule has 0 bridgehead atoms. The fourth-order valence-electron chi connectivity index (χ4n) is 5.18. The van der Waals surface area contributed by atoms with Crippen molar-refractivity contribution in [2.75, 3.05) is 21.7 Å². The summed E-state index contributed by atoms with van der Waals surface area (Å²) >= 11 is 4.71. The van der Waals surface area contributed by atoms with Gasteiger partial charge in [0.25, 0.3) is 5.91 Å². The summed E-state index contributed by atoms with van der Waals surface area (Å²) < 4.78 is 23.7. The predicted molar refractivity (Wildman–Crippen MR) is 187 cm³/mol. The Morgan fingerprint density at radius 3 is 2.55 bits per heavy atom. The van der Waals surface area contributed by atoms with Gasteiger partial charge in [-0.05, 0) is 36.8 Å². The van der Waals surface area contributed by atoms with Gasteiger partial charge < -0.3 is 36.4 Å². The first-order chi connectivity index (χ1) is 24.6. The maximum absolute atomic E-state index is 14.0. The Kier molecular flexibility index (Phi) is 12.2. The number of amides is 4. The fraction of sp³-hybridized carbons (Fsp3) is 0.222. The number of fused-ring (bicyclic) bond motifs is 1. The fourth-order valence-corrected chi connectivity index (χ4v) is 9.61. The van der Waals surface area contributed by atoms with Crippen molar-refractivity contribution in [2.24, 2.45) is 10.9 Å². The molecule has 5 heterocycles. The summed E-state index contributed by atoms with van der Waals surface area (Å²) in [5.74, 6) is -3.84. The number of primary amides is 1. The number of benzene rings is 1. The van der Waals surface area contributed by atoms with E-state index in [2.05, 4.69) is 35.8 Å². The van der Waals surface area contributed by atoms with Gasteiger partial charge in [-0.2, -0.15) is 4.98 Å². The number of aromatic nitrogens is 5. The summed E-state index contributed by atoms with van der Waals surface area (Å²) in [5.41, 5.74) is 5.74. The standard InChI is InChI=1S/C27H26N12O8S5.Na/c1-10-36-37-27(51-10)50-8-11-7-48-22-16(21(42)39(22)17(11)23(43)44)34-20(41)18(14-9-49-24(28)33-14)38(25(29)45)15-6-31-26(35-19(15)40)32-12-2-4-13(5-3-12)52(30,46)47;/h2-6,9,16,18,22H,7-8H2,1H3,(H2,28,33)(H2,29,45)(H,34,41)(H,43,44)(H2,30,46,47)(H2,31,32,35,40);/q;+1/p-1/t16-,18?,22+;/m1./s1. The average Bonchev–Trinajstić information content (AvgIpc) is 3.71. The van der Waals surface area contributed by atoms with E-state index in [1.165, 1.54) is 64.5 Å². The van der Waals surface area contributed by atoms with E-state index in [0.717, 1.165) is 27.4 Å². The van der Waals surface area contributed by atoms with Gasteiger partial charge in [0.15, 0.2) is 15.2 Å². The molecule has 4 aromatic rings. The first-order valence-electron chi connectivity index (χ1n) is 14.5. The van der Waals surface area contributed by atoms with Crippen molar-refractivity contribution in [3.63, 3.8) is 0 Å². The molecular weight excluding hydrogens is 804 g/mol. The molecule has 0 aliphatic carbocycles. The number of thiazole rings is 1. The quantitative estimate of drug-likeness (QED) is 0.0413. The Morgan fingerprint density at radius 1 is 1.26 bits per heavy atom. The summed E-state index contributed by atoms with van der Waals surface area (Å²) in [6.07, 6.45) is 0.995. The van der Waals surface area contributed by atoms with Gasteiger partial charge >= 0.3 is 35.6 Å². The molecule has 1 aromatic carbocycles. The normalized spacial score (nSPS) is 17.2. The van der Waals surface area contributed by atoms with E-state index in [9.17, 15) is 37.8 Å². The number of carbonyl (C=O) groups is 4. The Morgan fingerprint density at radius 2 is 1.98 bits per heavy atom. The Balaban J connectivity index is 0.00000541. The Labute approximate surface area is 337 Å². The number of carboxylic acid groups (broad SMARTS) is 1. The van der Waals surface area contributed by atoms with Crippen molar-refractivity contribution in [3.8, 4) is 5.88 Å². The molecule has 9 N–H and O–H groups in total. The molecule has 0 saturated carbocycles. The minimum Gasteiger partial charge on any atom is -0.543 e. The number of β-lactam (4-membered cyclic amide) rings is 1. The van der Waals surface area contributed by atoms with Crippen molar-refractivity contribution in [3.05, 3.63) is 62.6 Å². The Bertz CT molecular complexity index is 2300. The van der Waals surface area contributed by atoms with Crippen LogP contribution in [0.5, 0.6) is 5.88 Å². The van der Waals surface area contributed by atoms with Gasteiger partial charge in [0.2, 0.25) is 27.8 Å². The van der Waals surface area contributed by atoms with Crippen LogP contribution in [0.25, 0.3) is 0 Å². The van der Waals surface area contributed by atoms with Crippen LogP contribution in [0, 0.1) is 12.3 Å². The number of urea groups is 1. The number of hydrogen-bond acceptors (Lipinski definition) is 18. The number of aromatic amines is 1. The summed E-state index contributed by atoms with van der Waals surface area (Å²) in [5, 5.41) is 50.8. The molecule has 26 heteroatoms. The van der Waals surface area contributed by atoms with Crippen molar-refractivity contribution in [1.82, 2.24) is 35.4 Å². The smallest absolute Gasteiger partial charge is 0.543 e. The summed E-state index contributed by atoms with van der Waals surface area (Å²) in [4.78, 5) is 64.7. The number of aliphatic carboxylic acids is 1. The van der Waals surface area contributed by atoms with Gasteiger partial charge in [0, 0.05) is 22.6 Å². The SMILES string of the molecule is Cc1nnc(SCC2=C(C(=O)[O-])N3C(=O)[C@@H](NC(=O)C(c4csc(=N)[nH]4)N(C(N)=O)c4cnc(Nc5ccc(S(N)(=O)=O)cc5)nc4O)[C@@H]3SC2)s1.[Na+]. The molecule has 0 radical (unpaired) electrons. The number of sulfonamides is 1. The number of aryl methyl sites for hydroxylation is 1. The first-order valence-corrected chi connectivity index (χ1v) is 19.8. The molecule has 1 fully saturated rings. The number of anilines is 3. The van der Waals surface area contributed by atoms with Crippen LogP contribution < -0.4 is 65.9 Å². The van der Waals surface area contributed by atoms with Gasteiger partial charge in [0.05, 0.1) is 28.5 Å². The van der Waals surface area contributed by atoms with Gasteiger partial charge in [0.1, 0.15) is 22.1 Å². The van der Waals surface area contributed by atoms with Gasteiger partial charge in [-0.3, -0.25) is 24.8 Å². The van der Waals surface area contributed by atoms with Crippen LogP contribution in [0.4, 0.5) is 22.1 Å². The van der Waals surface area contributed by atoms with Crippen molar-refractivity contribution < 1.29 is 67.4 Å². The third-order valence-electron chi connectivity index (χ3n) is 7.46. The van der Waals surface area contributed by atoms with Crippen molar-refractivity contribution in [2.45, 2.75) is 33.6 Å². The largest absolute Gasteiger partial charge is 1.00 e. The van der Waals surface area contributed by atoms with E-state index in [4.69, 9.17) is 16.3 Å². The van der Waals surface area contributed by atoms with E-state index in [1.54, 1.807) is 6.92 Å². The predicted octanol–water partition coefficient (Wildman–Crippen LogP) is -3.57.